The summed E-state index contributed by atoms with van der Waals surface area (Å²) < 4.78 is 0. The Morgan fingerprint density at radius 1 is 1.31 bits per heavy atom. The van der Waals surface area contributed by atoms with E-state index in [1.54, 1.807) is 0 Å². The molecule has 0 amide bonds. The van der Waals surface area contributed by atoms with Crippen LogP contribution >= 0.6 is 0 Å². The first-order valence-corrected chi connectivity index (χ1v) is 4.62. The Hall–Kier alpha value is -0.860. The third-order valence-corrected chi connectivity index (χ3v) is 2.72. The SMILES string of the molecule is CN(C)[C@H]1c2ccccc2C[C@@H]1O. The number of likely N-dealkylation sites (N-methyl/N-ethyl adjacent to an activating group) is 1. The summed E-state index contributed by atoms with van der Waals surface area (Å²) in [6, 6.07) is 8.45. The zero-order valence-electron chi connectivity index (χ0n) is 8.07. The highest BCUT2D eigenvalue weighted by Gasteiger charge is 2.31. The molecule has 1 aliphatic carbocycles. The van der Waals surface area contributed by atoms with Crippen LogP contribution < -0.4 is 0 Å². The van der Waals surface area contributed by atoms with Gasteiger partial charge in [0.25, 0.3) is 0 Å². The molecule has 2 nitrogen and oxygen atoms in total. The van der Waals surface area contributed by atoms with Gasteiger partial charge in [-0.25, -0.2) is 0 Å². The standard InChI is InChI=1S/C11H15NO/c1-12(2)11-9-6-4-3-5-8(9)7-10(11)13/h3-6,10-11,13H,7H2,1-2H3/t10-,11-/m0/s1. The fourth-order valence-corrected chi connectivity index (χ4v) is 2.18. The zero-order valence-corrected chi connectivity index (χ0v) is 8.07. The van der Waals surface area contributed by atoms with Crippen LogP contribution in [-0.2, 0) is 6.42 Å². The number of aliphatic hydroxyl groups excluding tert-OH is 1. The first-order valence-electron chi connectivity index (χ1n) is 4.62. The lowest BCUT2D eigenvalue weighted by Crippen LogP contribution is -2.27. The van der Waals surface area contributed by atoms with Crippen molar-refractivity contribution in [2.24, 2.45) is 0 Å². The highest BCUT2D eigenvalue weighted by Crippen LogP contribution is 2.34. The summed E-state index contributed by atoms with van der Waals surface area (Å²) in [5.41, 5.74) is 2.56. The summed E-state index contributed by atoms with van der Waals surface area (Å²) in [6.07, 6.45) is 0.548. The third-order valence-electron chi connectivity index (χ3n) is 2.72. The molecular formula is C11H15NO. The Balaban J connectivity index is 2.40. The largest absolute Gasteiger partial charge is 0.391 e. The van der Waals surface area contributed by atoms with E-state index in [1.165, 1.54) is 11.1 Å². The minimum Gasteiger partial charge on any atom is -0.391 e. The number of benzene rings is 1. The molecule has 0 fully saturated rings. The molecule has 0 heterocycles. The second-order valence-corrected chi connectivity index (χ2v) is 3.88. The van der Waals surface area contributed by atoms with Gasteiger partial charge in [0.1, 0.15) is 0 Å². The minimum absolute atomic E-state index is 0.177. The van der Waals surface area contributed by atoms with Crippen molar-refractivity contribution in [3.8, 4) is 0 Å². The van der Waals surface area contributed by atoms with Crippen molar-refractivity contribution in [3.63, 3.8) is 0 Å². The van der Waals surface area contributed by atoms with Gasteiger partial charge in [-0.3, -0.25) is 0 Å². The van der Waals surface area contributed by atoms with Crippen LogP contribution in [0.15, 0.2) is 24.3 Å². The van der Waals surface area contributed by atoms with Crippen LogP contribution in [0.4, 0.5) is 0 Å². The maximum atomic E-state index is 9.84. The molecule has 0 radical (unpaired) electrons. The Bertz CT molecular complexity index is 309. The third kappa shape index (κ3) is 1.36. The van der Waals surface area contributed by atoms with Gasteiger partial charge in [0, 0.05) is 6.42 Å². The van der Waals surface area contributed by atoms with Gasteiger partial charge in [0.05, 0.1) is 12.1 Å². The quantitative estimate of drug-likeness (QED) is 0.697. The molecule has 0 aromatic heterocycles. The average Bonchev–Trinajstić information content (AvgIpc) is 2.39. The van der Waals surface area contributed by atoms with Gasteiger partial charge >= 0.3 is 0 Å². The summed E-state index contributed by atoms with van der Waals surface area (Å²) in [7, 11) is 4.02. The monoisotopic (exact) mass is 177 g/mol. The molecule has 0 spiro atoms. The fraction of sp³-hybridized carbons (Fsp3) is 0.455. The van der Waals surface area contributed by atoms with Crippen LogP contribution in [0, 0.1) is 0 Å². The van der Waals surface area contributed by atoms with Gasteiger partial charge in [0.2, 0.25) is 0 Å². The number of nitrogens with zero attached hydrogens (tertiary/aromatic N) is 1. The van der Waals surface area contributed by atoms with Crippen molar-refractivity contribution in [1.29, 1.82) is 0 Å². The van der Waals surface area contributed by atoms with E-state index < -0.39 is 0 Å². The van der Waals surface area contributed by atoms with Gasteiger partial charge in [-0.1, -0.05) is 24.3 Å². The van der Waals surface area contributed by atoms with Gasteiger partial charge in [-0.2, -0.15) is 0 Å². The molecule has 1 aromatic carbocycles. The summed E-state index contributed by atoms with van der Waals surface area (Å²) in [4.78, 5) is 2.08. The van der Waals surface area contributed by atoms with Crippen molar-refractivity contribution in [3.05, 3.63) is 35.4 Å². The number of hydrogen-bond donors (Lipinski definition) is 1. The molecule has 0 bridgehead atoms. The van der Waals surface area contributed by atoms with E-state index in [0.29, 0.717) is 0 Å². The van der Waals surface area contributed by atoms with Crippen LogP contribution in [0.2, 0.25) is 0 Å². The molecule has 13 heavy (non-hydrogen) atoms. The molecule has 0 aliphatic heterocycles. The van der Waals surface area contributed by atoms with Gasteiger partial charge in [0.15, 0.2) is 0 Å². The topological polar surface area (TPSA) is 23.5 Å². The average molecular weight is 177 g/mol. The van der Waals surface area contributed by atoms with Crippen LogP contribution in [0.3, 0.4) is 0 Å². The van der Waals surface area contributed by atoms with E-state index in [0.717, 1.165) is 6.42 Å². The predicted octanol–water partition coefficient (Wildman–Crippen LogP) is 1.21. The Morgan fingerprint density at radius 3 is 2.69 bits per heavy atom. The first-order chi connectivity index (χ1) is 6.20. The van der Waals surface area contributed by atoms with E-state index in [-0.39, 0.29) is 12.1 Å². The van der Waals surface area contributed by atoms with Crippen molar-refractivity contribution in [2.45, 2.75) is 18.6 Å². The maximum absolute atomic E-state index is 9.84. The lowest BCUT2D eigenvalue weighted by atomic mass is 10.1. The molecule has 1 aromatic rings. The molecule has 70 valence electrons. The first kappa shape index (κ1) is 8.73. The van der Waals surface area contributed by atoms with Gasteiger partial charge < -0.3 is 10.0 Å². The lowest BCUT2D eigenvalue weighted by Gasteiger charge is -2.23. The molecule has 0 saturated heterocycles. The molecule has 1 aliphatic rings. The molecule has 1 N–H and O–H groups in total. The second-order valence-electron chi connectivity index (χ2n) is 3.88. The van der Waals surface area contributed by atoms with Gasteiger partial charge in [-0.05, 0) is 25.2 Å². The van der Waals surface area contributed by atoms with E-state index in [1.807, 2.05) is 26.2 Å². The highest BCUT2D eigenvalue weighted by molar-refractivity contribution is 5.36. The lowest BCUT2D eigenvalue weighted by molar-refractivity contribution is 0.0902. The van der Waals surface area contributed by atoms with Crippen LogP contribution in [0.25, 0.3) is 0 Å². The van der Waals surface area contributed by atoms with Crippen LogP contribution in [-0.4, -0.2) is 30.2 Å². The molecule has 2 atom stereocenters. The van der Waals surface area contributed by atoms with E-state index in [9.17, 15) is 5.11 Å². The molecule has 0 saturated carbocycles. The summed E-state index contributed by atoms with van der Waals surface area (Å²) in [5, 5.41) is 9.84. The normalized spacial score (nSPS) is 26.5. The van der Waals surface area contributed by atoms with Crippen LogP contribution in [0.5, 0.6) is 0 Å². The number of fused-ring (bicyclic) bond motifs is 1. The van der Waals surface area contributed by atoms with Gasteiger partial charge in [-0.15, -0.1) is 0 Å². The molecule has 0 unspecified atom stereocenters. The summed E-state index contributed by atoms with van der Waals surface area (Å²) in [5.74, 6) is 0. The second kappa shape index (κ2) is 3.13. The Morgan fingerprint density at radius 2 is 2.00 bits per heavy atom. The van der Waals surface area contributed by atoms with Crippen LogP contribution in [0.1, 0.15) is 17.2 Å². The maximum Gasteiger partial charge on any atom is 0.0777 e. The zero-order chi connectivity index (χ0) is 9.42. The highest BCUT2D eigenvalue weighted by atomic mass is 16.3. The molecular weight excluding hydrogens is 162 g/mol. The van der Waals surface area contributed by atoms with E-state index in [4.69, 9.17) is 0 Å². The van der Waals surface area contributed by atoms with Crippen molar-refractivity contribution in [1.82, 2.24) is 4.90 Å². The predicted molar refractivity (Wildman–Crippen MR) is 52.6 cm³/mol. The Kier molecular flexibility index (Phi) is 2.10. The number of aliphatic hydroxyl groups is 1. The minimum atomic E-state index is -0.243. The summed E-state index contributed by atoms with van der Waals surface area (Å²) >= 11 is 0. The number of rotatable bonds is 1. The smallest absolute Gasteiger partial charge is 0.0777 e. The van der Waals surface area contributed by atoms with Crippen molar-refractivity contribution in [2.75, 3.05) is 14.1 Å². The van der Waals surface area contributed by atoms with Crippen molar-refractivity contribution < 1.29 is 5.11 Å². The summed E-state index contributed by atoms with van der Waals surface area (Å²) in [6.45, 7) is 0. The van der Waals surface area contributed by atoms with Crippen molar-refractivity contribution >= 4 is 0 Å². The molecule has 2 rings (SSSR count). The Labute approximate surface area is 78.8 Å². The molecule has 2 heteroatoms. The van der Waals surface area contributed by atoms with E-state index >= 15 is 0 Å². The fourth-order valence-electron chi connectivity index (χ4n) is 2.18. The number of hydrogen-bond acceptors (Lipinski definition) is 2. The van der Waals surface area contributed by atoms with E-state index in [2.05, 4.69) is 17.0 Å².